The van der Waals surface area contributed by atoms with E-state index in [1.165, 1.54) is 32.1 Å². The molecule has 24 heavy (non-hydrogen) atoms. The van der Waals surface area contributed by atoms with E-state index < -0.39 is 0 Å². The third kappa shape index (κ3) is 3.47. The van der Waals surface area contributed by atoms with Crippen molar-refractivity contribution in [3.63, 3.8) is 0 Å². The number of nitrogens with zero attached hydrogens (tertiary/aromatic N) is 1. The Morgan fingerprint density at radius 1 is 1.29 bits per heavy atom. The summed E-state index contributed by atoms with van der Waals surface area (Å²) in [5.74, 6) is 1.43. The lowest BCUT2D eigenvalue weighted by Crippen LogP contribution is -2.39. The molecule has 1 aromatic heterocycles. The fraction of sp³-hybridized carbons (Fsp3) is 0.444. The van der Waals surface area contributed by atoms with Crippen LogP contribution in [0, 0.1) is 5.92 Å². The molecule has 1 aliphatic carbocycles. The Morgan fingerprint density at radius 3 is 2.96 bits per heavy atom. The molecule has 2 heterocycles. The van der Waals surface area contributed by atoms with Crippen molar-refractivity contribution in [1.29, 1.82) is 0 Å². The van der Waals surface area contributed by atoms with Crippen LogP contribution in [0.2, 0.25) is 0 Å². The summed E-state index contributed by atoms with van der Waals surface area (Å²) in [6.07, 6.45) is 9.07. The predicted octanol–water partition coefficient (Wildman–Crippen LogP) is 3.62. The first-order chi connectivity index (χ1) is 11.3. The average molecular weight is 348 g/mol. The van der Waals surface area contributed by atoms with Crippen molar-refractivity contribution in [2.24, 2.45) is 5.92 Å². The highest BCUT2D eigenvalue weighted by molar-refractivity contribution is 5.95. The molecule has 1 saturated heterocycles. The van der Waals surface area contributed by atoms with E-state index in [4.69, 9.17) is 4.42 Å². The van der Waals surface area contributed by atoms with E-state index >= 15 is 0 Å². The van der Waals surface area contributed by atoms with Gasteiger partial charge in [0, 0.05) is 17.3 Å². The van der Waals surface area contributed by atoms with Gasteiger partial charge < -0.3 is 15.1 Å². The maximum Gasteiger partial charge on any atom is 0.241 e. The van der Waals surface area contributed by atoms with Crippen molar-refractivity contribution < 1.29 is 9.21 Å². The minimum absolute atomic E-state index is 0. The molecule has 5 nitrogen and oxygen atoms in total. The molecule has 3 unspecified atom stereocenters. The van der Waals surface area contributed by atoms with Crippen molar-refractivity contribution in [2.45, 2.75) is 44.2 Å². The van der Waals surface area contributed by atoms with Crippen LogP contribution in [-0.4, -0.2) is 23.0 Å². The molecule has 1 aliphatic heterocycles. The molecule has 1 aromatic carbocycles. The van der Waals surface area contributed by atoms with Gasteiger partial charge in [-0.25, -0.2) is 4.98 Å². The van der Waals surface area contributed by atoms with Crippen molar-refractivity contribution in [2.75, 3.05) is 5.32 Å². The number of anilines is 1. The number of aromatic nitrogens is 1. The van der Waals surface area contributed by atoms with Gasteiger partial charge in [0.25, 0.3) is 0 Å². The number of benzene rings is 1. The summed E-state index contributed by atoms with van der Waals surface area (Å²) in [5, 5.41) is 6.55. The molecule has 2 aliphatic rings. The monoisotopic (exact) mass is 347 g/mol. The van der Waals surface area contributed by atoms with Crippen LogP contribution in [0.3, 0.4) is 0 Å². The molecule has 2 aromatic rings. The Morgan fingerprint density at radius 2 is 2.17 bits per heavy atom. The van der Waals surface area contributed by atoms with E-state index in [-0.39, 0.29) is 24.4 Å². The van der Waals surface area contributed by atoms with E-state index in [0.29, 0.717) is 17.7 Å². The number of halogens is 1. The molecule has 6 heteroatoms. The van der Waals surface area contributed by atoms with E-state index in [1.807, 2.05) is 24.3 Å². The summed E-state index contributed by atoms with van der Waals surface area (Å²) in [6.45, 7) is 0. The van der Waals surface area contributed by atoms with Crippen LogP contribution < -0.4 is 10.6 Å². The number of nitrogens with one attached hydrogen (secondary N) is 2. The maximum atomic E-state index is 12.5. The van der Waals surface area contributed by atoms with Crippen LogP contribution in [0.4, 0.5) is 5.69 Å². The summed E-state index contributed by atoms with van der Waals surface area (Å²) in [6, 6.07) is 8.13. The Bertz CT molecular complexity index is 675. The molecule has 3 atom stereocenters. The quantitative estimate of drug-likeness (QED) is 0.889. The van der Waals surface area contributed by atoms with E-state index in [9.17, 15) is 4.79 Å². The van der Waals surface area contributed by atoms with Crippen LogP contribution in [0.5, 0.6) is 0 Å². The van der Waals surface area contributed by atoms with Gasteiger partial charge in [0.15, 0.2) is 12.2 Å². The summed E-state index contributed by atoms with van der Waals surface area (Å²) >= 11 is 0. The summed E-state index contributed by atoms with van der Waals surface area (Å²) in [5.41, 5.74) is 1.70. The Hall–Kier alpha value is -1.85. The first-order valence-electron chi connectivity index (χ1n) is 8.35. The zero-order chi connectivity index (χ0) is 15.6. The first-order valence-corrected chi connectivity index (χ1v) is 8.35. The minimum Gasteiger partial charge on any atom is -0.444 e. The number of carbonyl (C=O) groups is 1. The number of rotatable bonds is 3. The fourth-order valence-electron chi connectivity index (χ4n) is 3.86. The third-order valence-corrected chi connectivity index (χ3v) is 5.03. The molecule has 1 amide bonds. The number of fused-ring (bicyclic) bond motifs is 1. The highest BCUT2D eigenvalue weighted by Crippen LogP contribution is 2.33. The second kappa shape index (κ2) is 7.36. The molecule has 0 radical (unpaired) electrons. The van der Waals surface area contributed by atoms with Crippen LogP contribution in [0.15, 0.2) is 41.3 Å². The van der Waals surface area contributed by atoms with Gasteiger partial charge in [-0.3, -0.25) is 4.79 Å². The lowest BCUT2D eigenvalue weighted by atomic mass is 9.85. The number of oxazole rings is 1. The Balaban J connectivity index is 0.00000169. The van der Waals surface area contributed by atoms with Crippen LogP contribution in [0.25, 0.3) is 11.3 Å². The molecule has 0 spiro atoms. The number of carbonyl (C=O) groups excluding carboxylic acids is 1. The van der Waals surface area contributed by atoms with Crippen LogP contribution >= 0.6 is 12.4 Å². The van der Waals surface area contributed by atoms with Gasteiger partial charge in [-0.2, -0.15) is 0 Å². The van der Waals surface area contributed by atoms with Crippen LogP contribution in [-0.2, 0) is 4.79 Å². The van der Waals surface area contributed by atoms with Crippen molar-refractivity contribution in [1.82, 2.24) is 10.3 Å². The Kier molecular flexibility index (Phi) is 5.21. The molecule has 4 rings (SSSR count). The molecule has 2 N–H and O–H groups in total. The molecular weight excluding hydrogens is 326 g/mol. The van der Waals surface area contributed by atoms with Gasteiger partial charge in [-0.15, -0.1) is 12.4 Å². The third-order valence-electron chi connectivity index (χ3n) is 5.03. The zero-order valence-corrected chi connectivity index (χ0v) is 14.2. The Labute approximate surface area is 147 Å². The van der Waals surface area contributed by atoms with Gasteiger partial charge >= 0.3 is 0 Å². The van der Waals surface area contributed by atoms with Gasteiger partial charge in [0.05, 0.1) is 12.2 Å². The number of amides is 1. The molecule has 128 valence electrons. The SMILES string of the molecule is Cl.O=C(Nc1cccc(-c2cnco2)c1)C1CC2CCCCC2N1. The van der Waals surface area contributed by atoms with Crippen molar-refractivity contribution in [3.05, 3.63) is 36.9 Å². The molecule has 2 fully saturated rings. The highest BCUT2D eigenvalue weighted by Gasteiger charge is 2.38. The van der Waals surface area contributed by atoms with Gasteiger partial charge in [-0.05, 0) is 37.3 Å². The summed E-state index contributed by atoms with van der Waals surface area (Å²) in [4.78, 5) is 16.5. The summed E-state index contributed by atoms with van der Waals surface area (Å²) in [7, 11) is 0. The largest absolute Gasteiger partial charge is 0.444 e. The van der Waals surface area contributed by atoms with Gasteiger partial charge in [0.1, 0.15) is 0 Å². The van der Waals surface area contributed by atoms with Crippen molar-refractivity contribution >= 4 is 24.0 Å². The summed E-state index contributed by atoms with van der Waals surface area (Å²) < 4.78 is 5.31. The highest BCUT2D eigenvalue weighted by atomic mass is 35.5. The van der Waals surface area contributed by atoms with E-state index in [0.717, 1.165) is 17.7 Å². The molecule has 0 bridgehead atoms. The number of hydrogen-bond acceptors (Lipinski definition) is 4. The normalized spacial score (nSPS) is 25.6. The fourth-order valence-corrected chi connectivity index (χ4v) is 3.86. The first kappa shape index (κ1) is 17.0. The van der Waals surface area contributed by atoms with Crippen LogP contribution in [0.1, 0.15) is 32.1 Å². The smallest absolute Gasteiger partial charge is 0.241 e. The topological polar surface area (TPSA) is 67.2 Å². The molecular formula is C18H22ClN3O2. The lowest BCUT2D eigenvalue weighted by Gasteiger charge is -2.24. The second-order valence-electron chi connectivity index (χ2n) is 6.54. The average Bonchev–Trinajstić information content (AvgIpc) is 3.24. The maximum absolute atomic E-state index is 12.5. The predicted molar refractivity (Wildman–Crippen MR) is 95.1 cm³/mol. The van der Waals surface area contributed by atoms with Gasteiger partial charge in [-0.1, -0.05) is 25.0 Å². The second-order valence-corrected chi connectivity index (χ2v) is 6.54. The standard InChI is InChI=1S/C18H21N3O2.ClH/c22-18(16-9-12-4-1-2-7-15(12)21-16)20-14-6-3-5-13(8-14)17-10-19-11-23-17;/h3,5-6,8,10-12,15-16,21H,1-2,4,7,9H2,(H,20,22);1H. The zero-order valence-electron chi connectivity index (χ0n) is 13.4. The molecule has 1 saturated carbocycles. The van der Waals surface area contributed by atoms with E-state index in [1.54, 1.807) is 6.20 Å². The lowest BCUT2D eigenvalue weighted by molar-refractivity contribution is -0.117. The number of hydrogen-bond donors (Lipinski definition) is 2. The van der Waals surface area contributed by atoms with Gasteiger partial charge in [0.2, 0.25) is 5.91 Å². The van der Waals surface area contributed by atoms with E-state index in [2.05, 4.69) is 15.6 Å². The van der Waals surface area contributed by atoms with Crippen molar-refractivity contribution in [3.8, 4) is 11.3 Å². The minimum atomic E-state index is -0.0722.